The molecule has 5 rings (SSSR count). The summed E-state index contributed by atoms with van der Waals surface area (Å²) in [5.74, 6) is 5.11. The van der Waals surface area contributed by atoms with Gasteiger partial charge in [-0.2, -0.15) is 133 Å². The van der Waals surface area contributed by atoms with Crippen molar-refractivity contribution in [1.29, 1.82) is 0 Å². The topological polar surface area (TPSA) is 0 Å². The zero-order valence-electron chi connectivity index (χ0n) is 17.9. The van der Waals surface area contributed by atoms with Crippen LogP contribution in [0.3, 0.4) is 0 Å². The van der Waals surface area contributed by atoms with Crippen molar-refractivity contribution in [3.8, 4) is 0 Å². The van der Waals surface area contributed by atoms with Crippen LogP contribution in [0.25, 0.3) is 0 Å². The van der Waals surface area contributed by atoms with E-state index in [1.54, 1.807) is 0 Å². The van der Waals surface area contributed by atoms with Crippen molar-refractivity contribution < 1.29 is 24.2 Å². The number of hydrogen-bond donors (Lipinski definition) is 0. The second kappa shape index (κ2) is 33.9. The van der Waals surface area contributed by atoms with Gasteiger partial charge in [0.15, 0.2) is 0 Å². The first-order valence-electron chi connectivity index (χ1n) is 9.30. The molecule has 0 nitrogen and oxygen atoms in total. The molecule has 0 aliphatic heterocycles. The van der Waals surface area contributed by atoms with E-state index in [9.17, 15) is 0 Å². The fraction of sp³-hybridized carbons (Fsp3) is 0.0357. The van der Waals surface area contributed by atoms with Crippen molar-refractivity contribution in [2.24, 2.45) is 0 Å². The minimum Gasteiger partial charge on any atom is -0.271 e. The molecule has 0 saturated carbocycles. The van der Waals surface area contributed by atoms with Crippen molar-refractivity contribution in [3.63, 3.8) is 0 Å². The molecule has 1 aliphatic carbocycles. The summed E-state index contributed by atoms with van der Waals surface area (Å²) >= 11 is 1.30. The maximum Gasteiger partial charge on any atom is -0.163 e. The van der Waals surface area contributed by atoms with E-state index in [1.165, 1.54) is 24.2 Å². The summed E-state index contributed by atoms with van der Waals surface area (Å²) in [5.41, 5.74) is 0. The molecule has 4 heteroatoms. The maximum atomic E-state index is 3.34. The van der Waals surface area contributed by atoms with E-state index in [0.717, 1.165) is 14.6 Å². The Morgan fingerprint density at radius 2 is 1.03 bits per heavy atom. The first kappa shape index (κ1) is 34.9. The van der Waals surface area contributed by atoms with Crippen molar-refractivity contribution in [2.75, 3.05) is 0 Å². The van der Waals surface area contributed by atoms with Gasteiger partial charge in [-0.3, -0.25) is 14.3 Å². The molecule has 0 radical (unpaired) electrons. The monoisotopic (exact) mass is 555 g/mol. The van der Waals surface area contributed by atoms with Crippen molar-refractivity contribution in [1.82, 2.24) is 0 Å². The number of hydrogen-bond acceptors (Lipinski definition) is 0. The smallest absolute Gasteiger partial charge is 0.163 e. The molecular weight excluding hydrogens is 529 g/mol. The average Bonchev–Trinajstić information content (AvgIpc) is 3.64. The maximum absolute atomic E-state index is 3.34. The summed E-state index contributed by atoms with van der Waals surface area (Å²) in [5, 5.41) is 0. The van der Waals surface area contributed by atoms with Crippen molar-refractivity contribution >= 4 is 37.2 Å². The molecule has 0 saturated heterocycles. The van der Waals surface area contributed by atoms with Crippen molar-refractivity contribution in [2.45, 2.75) is 6.42 Å². The molecule has 32 heavy (non-hydrogen) atoms. The van der Waals surface area contributed by atoms with Gasteiger partial charge in [-0.1, -0.05) is 0 Å². The quantitative estimate of drug-likeness (QED) is 0.192. The van der Waals surface area contributed by atoms with Crippen LogP contribution in [0.15, 0.2) is 127 Å². The van der Waals surface area contributed by atoms with Crippen LogP contribution < -0.4 is 0 Å². The molecule has 168 valence electrons. The SMILES string of the molecule is Cl.Cl.[C-]1=CC=CC1.[CH2]=[Zr].[c-]1ccc[pH]1.[c-]1ccccc1.[c-]1ccccc1.[c-]1ccccc1. The fourth-order valence-corrected chi connectivity index (χ4v) is 2.09. The Labute approximate surface area is 223 Å². The standard InChI is InChI=1S/3C6H5.C5H5.C4H4P.CH2.2ClH.Zr/c3*1-2-4-6-5-3-1;2*1-2-4-5-3-1;;;;/h3*1-5H;1-3H,4H2;1-3,5H;1H2;2*1H;/q5*-1;;;;. The second-order valence-electron chi connectivity index (χ2n) is 5.05. The predicted molar refractivity (Wildman–Crippen MR) is 144 cm³/mol. The van der Waals surface area contributed by atoms with Gasteiger partial charge in [-0.25, -0.2) is 18.2 Å². The van der Waals surface area contributed by atoms with Crippen molar-refractivity contribution in [3.05, 3.63) is 157 Å². The van der Waals surface area contributed by atoms with Gasteiger partial charge in [0.2, 0.25) is 0 Å². The molecule has 1 aromatic heterocycles. The van der Waals surface area contributed by atoms with E-state index in [0.29, 0.717) is 0 Å². The predicted octanol–water partition coefficient (Wildman–Crippen LogP) is 8.09. The Morgan fingerprint density at radius 1 is 0.594 bits per heavy atom. The van der Waals surface area contributed by atoms with E-state index >= 15 is 0 Å². The largest absolute Gasteiger partial charge is 0.271 e. The molecule has 0 amide bonds. The molecule has 4 aromatic rings. The van der Waals surface area contributed by atoms with Crippen LogP contribution in [-0.4, -0.2) is 4.21 Å². The summed E-state index contributed by atoms with van der Waals surface area (Å²) in [6.07, 6.45) is 10.0. The number of allylic oxidation sites excluding steroid dienone is 4. The van der Waals surface area contributed by atoms with Gasteiger partial charge in [0.05, 0.1) is 0 Å². The number of halogens is 2. The van der Waals surface area contributed by atoms with Gasteiger partial charge >= 0.3 is 28.4 Å². The Bertz CT molecular complexity index is 624. The average molecular weight is 558 g/mol. The Morgan fingerprint density at radius 3 is 1.12 bits per heavy atom. The first-order valence-corrected chi connectivity index (χ1v) is 12.1. The van der Waals surface area contributed by atoms with Crippen LogP contribution >= 0.6 is 33.0 Å². The molecule has 1 unspecified atom stereocenters. The first-order chi connectivity index (χ1) is 15.0. The molecule has 1 heterocycles. The third kappa shape index (κ3) is 30.4. The normalized spacial score (nSPS) is 8.84. The number of rotatable bonds is 0. The van der Waals surface area contributed by atoms with Crippen LogP contribution in [0.2, 0.25) is 0 Å². The van der Waals surface area contributed by atoms with Gasteiger partial charge in [0, 0.05) is 0 Å². The van der Waals surface area contributed by atoms with Crippen LogP contribution in [0.1, 0.15) is 6.42 Å². The summed E-state index contributed by atoms with van der Waals surface area (Å²) in [7, 11) is 0.823. The summed E-state index contributed by atoms with van der Waals surface area (Å²) in [6.45, 7) is 0. The molecule has 0 spiro atoms. The zero-order valence-corrected chi connectivity index (χ0v) is 22.9. The molecule has 3 aromatic carbocycles. The Hall–Kier alpha value is -1.75. The Balaban J connectivity index is -0.000000318. The summed E-state index contributed by atoms with van der Waals surface area (Å²) < 4.78 is 3.34. The van der Waals surface area contributed by atoms with E-state index in [-0.39, 0.29) is 24.8 Å². The Kier molecular flexibility index (Phi) is 36.9. The van der Waals surface area contributed by atoms with Crippen LogP contribution in [0.4, 0.5) is 0 Å². The summed E-state index contributed by atoms with van der Waals surface area (Å²) in [4.78, 5) is 0. The van der Waals surface area contributed by atoms with Crippen LogP contribution in [-0.2, 0) is 24.2 Å². The molecule has 0 fully saturated rings. The second-order valence-corrected chi connectivity index (χ2v) is 5.96. The molecule has 0 N–H and O–H groups in total. The van der Waals surface area contributed by atoms with E-state index < -0.39 is 0 Å². The molecular formula is C28H28Cl2PZr-5. The molecule has 1 aliphatic rings. The third-order valence-electron chi connectivity index (χ3n) is 2.85. The van der Waals surface area contributed by atoms with Crippen LogP contribution in [0.5, 0.6) is 0 Å². The van der Waals surface area contributed by atoms with Gasteiger partial charge < -0.3 is 0 Å². The van der Waals surface area contributed by atoms with Gasteiger partial charge in [-0.15, -0.1) is 31.2 Å². The molecule has 0 bridgehead atoms. The number of benzene rings is 3. The van der Waals surface area contributed by atoms with Crippen LogP contribution in [0, 0.1) is 30.1 Å². The van der Waals surface area contributed by atoms with Gasteiger partial charge in [-0.05, 0) is 0 Å². The fourth-order valence-electron chi connectivity index (χ4n) is 1.61. The van der Waals surface area contributed by atoms with E-state index in [1.807, 2.05) is 115 Å². The third-order valence-corrected chi connectivity index (χ3v) is 3.54. The minimum absolute atomic E-state index is 0. The van der Waals surface area contributed by atoms with Gasteiger partial charge in [0.25, 0.3) is 0 Å². The zero-order chi connectivity index (χ0) is 21.8. The summed E-state index contributed by atoms with van der Waals surface area (Å²) in [6, 6.07) is 41.5. The van der Waals surface area contributed by atoms with E-state index in [4.69, 9.17) is 0 Å². The minimum atomic E-state index is 0. The molecule has 1 atom stereocenters. The van der Waals surface area contributed by atoms with Gasteiger partial charge in [0.1, 0.15) is 0 Å². The van der Waals surface area contributed by atoms with E-state index in [2.05, 4.69) is 46.2 Å².